The Labute approximate surface area is 119 Å². The Morgan fingerprint density at radius 2 is 2.28 bits per heavy atom. The molecule has 0 saturated carbocycles. The van der Waals surface area contributed by atoms with Gasteiger partial charge >= 0.3 is 0 Å². The molecule has 1 N–H and O–H groups in total. The molecule has 0 spiro atoms. The minimum Gasteiger partial charge on any atom is -0.396 e. The van der Waals surface area contributed by atoms with E-state index in [1.807, 2.05) is 0 Å². The van der Waals surface area contributed by atoms with E-state index in [1.165, 1.54) is 23.4 Å². The Bertz CT molecular complexity index is 561. The first kappa shape index (κ1) is 12.4. The van der Waals surface area contributed by atoms with E-state index in [4.69, 9.17) is 10.1 Å². The maximum atomic E-state index is 9.15. The molecule has 0 saturated heterocycles. The summed E-state index contributed by atoms with van der Waals surface area (Å²) in [5, 5.41) is 9.15. The first-order valence-corrected chi connectivity index (χ1v) is 7.85. The first-order valence-electron chi connectivity index (χ1n) is 6.24. The molecule has 0 aromatic carbocycles. The largest absolute Gasteiger partial charge is 0.396 e. The van der Waals surface area contributed by atoms with Crippen LogP contribution in [0.25, 0.3) is 10.7 Å². The quantitative estimate of drug-likeness (QED) is 0.940. The lowest BCUT2D eigenvalue weighted by molar-refractivity contribution is 0.297. The van der Waals surface area contributed by atoms with E-state index in [0.29, 0.717) is 6.42 Å². The van der Waals surface area contributed by atoms with Gasteiger partial charge in [0, 0.05) is 25.3 Å². The van der Waals surface area contributed by atoms with Crippen molar-refractivity contribution < 1.29 is 5.11 Å². The molecule has 1 aliphatic rings. The summed E-state index contributed by atoms with van der Waals surface area (Å²) in [6.07, 6.45) is 4.22. The molecule has 0 bridgehead atoms. The third-order valence-electron chi connectivity index (χ3n) is 3.34. The van der Waals surface area contributed by atoms with Crippen molar-refractivity contribution in [2.75, 3.05) is 6.61 Å². The summed E-state index contributed by atoms with van der Waals surface area (Å²) in [6, 6.07) is 4.18. The van der Waals surface area contributed by atoms with Crippen molar-refractivity contribution in [1.82, 2.24) is 9.55 Å². The Kier molecular flexibility index (Phi) is 3.54. The summed E-state index contributed by atoms with van der Waals surface area (Å²) in [6.45, 7) is 1.23. The number of hydrogen-bond donors (Lipinski definition) is 1. The van der Waals surface area contributed by atoms with Crippen LogP contribution in [0, 0.1) is 0 Å². The highest BCUT2D eigenvalue weighted by molar-refractivity contribution is 9.11. The van der Waals surface area contributed by atoms with Gasteiger partial charge in [0.05, 0.1) is 14.4 Å². The molecule has 0 amide bonds. The van der Waals surface area contributed by atoms with Gasteiger partial charge in [0.1, 0.15) is 0 Å². The molecule has 0 radical (unpaired) electrons. The SMILES string of the molecule is OCCc1nc(-c2ccc(Br)s2)n2c1CCCC2. The zero-order chi connectivity index (χ0) is 12.5. The second kappa shape index (κ2) is 5.15. The molecule has 3 nitrogen and oxygen atoms in total. The Morgan fingerprint density at radius 3 is 3.00 bits per heavy atom. The van der Waals surface area contributed by atoms with Crippen LogP contribution in [0.1, 0.15) is 24.2 Å². The van der Waals surface area contributed by atoms with Gasteiger partial charge in [-0.15, -0.1) is 11.3 Å². The average Bonchev–Trinajstić information content (AvgIpc) is 2.95. The maximum Gasteiger partial charge on any atom is 0.150 e. The standard InChI is InChI=1S/C13H15BrN2OS/c14-12-5-4-11(18-12)13-15-9(6-8-17)10-3-1-2-7-16(10)13/h4-5,17H,1-3,6-8H2. The molecule has 0 atom stereocenters. The molecule has 2 aromatic rings. The van der Waals surface area contributed by atoms with Gasteiger partial charge in [-0.1, -0.05) is 0 Å². The number of nitrogens with zero attached hydrogens (tertiary/aromatic N) is 2. The van der Waals surface area contributed by atoms with Gasteiger partial charge in [0.2, 0.25) is 0 Å². The summed E-state index contributed by atoms with van der Waals surface area (Å²) in [5.41, 5.74) is 2.41. The summed E-state index contributed by atoms with van der Waals surface area (Å²) in [5.74, 6) is 1.07. The fourth-order valence-electron chi connectivity index (χ4n) is 2.55. The van der Waals surface area contributed by atoms with Gasteiger partial charge in [0.15, 0.2) is 5.82 Å². The lowest BCUT2D eigenvalue weighted by atomic mass is 10.1. The fraction of sp³-hybridized carbons (Fsp3) is 0.462. The fourth-order valence-corrected chi connectivity index (χ4v) is 3.93. The summed E-state index contributed by atoms with van der Waals surface area (Å²) < 4.78 is 3.47. The van der Waals surface area contributed by atoms with E-state index in [2.05, 4.69) is 32.6 Å². The highest BCUT2D eigenvalue weighted by Gasteiger charge is 2.21. The van der Waals surface area contributed by atoms with Gasteiger partial charge in [-0.05, 0) is 47.3 Å². The van der Waals surface area contributed by atoms with Crippen molar-refractivity contribution in [1.29, 1.82) is 0 Å². The van der Waals surface area contributed by atoms with E-state index >= 15 is 0 Å². The predicted octanol–water partition coefficient (Wildman–Crippen LogP) is 3.25. The van der Waals surface area contributed by atoms with E-state index in [0.717, 1.165) is 28.3 Å². The van der Waals surface area contributed by atoms with Crippen LogP contribution in [-0.2, 0) is 19.4 Å². The maximum absolute atomic E-state index is 9.15. The monoisotopic (exact) mass is 326 g/mol. The van der Waals surface area contributed by atoms with E-state index in [9.17, 15) is 0 Å². The third kappa shape index (κ3) is 2.15. The third-order valence-corrected chi connectivity index (χ3v) is 4.96. The minimum atomic E-state index is 0.178. The molecule has 5 heteroatoms. The second-order valence-corrected chi connectivity index (χ2v) is 6.98. The molecule has 3 heterocycles. The number of fused-ring (bicyclic) bond motifs is 1. The minimum absolute atomic E-state index is 0.178. The number of halogens is 1. The topological polar surface area (TPSA) is 38.1 Å². The molecule has 2 aromatic heterocycles. The molecule has 3 rings (SSSR count). The lowest BCUT2D eigenvalue weighted by Gasteiger charge is -2.16. The van der Waals surface area contributed by atoms with Crippen LogP contribution in [0.3, 0.4) is 0 Å². The van der Waals surface area contributed by atoms with Crippen molar-refractivity contribution in [3.63, 3.8) is 0 Å². The highest BCUT2D eigenvalue weighted by atomic mass is 79.9. The zero-order valence-corrected chi connectivity index (χ0v) is 12.4. The van der Waals surface area contributed by atoms with Gasteiger partial charge < -0.3 is 9.67 Å². The molecule has 0 aliphatic carbocycles. The van der Waals surface area contributed by atoms with Crippen LogP contribution >= 0.6 is 27.3 Å². The van der Waals surface area contributed by atoms with Crippen LogP contribution in [0.2, 0.25) is 0 Å². The normalized spacial score (nSPS) is 14.8. The van der Waals surface area contributed by atoms with Crippen molar-refractivity contribution in [3.05, 3.63) is 27.3 Å². The van der Waals surface area contributed by atoms with Crippen molar-refractivity contribution >= 4 is 27.3 Å². The predicted molar refractivity (Wildman–Crippen MR) is 77.0 cm³/mol. The van der Waals surface area contributed by atoms with Crippen molar-refractivity contribution in [3.8, 4) is 10.7 Å². The van der Waals surface area contributed by atoms with Crippen LogP contribution in [-0.4, -0.2) is 21.3 Å². The van der Waals surface area contributed by atoms with Crippen LogP contribution in [0.5, 0.6) is 0 Å². The highest BCUT2D eigenvalue weighted by Crippen LogP contribution is 2.34. The molecule has 0 unspecified atom stereocenters. The van der Waals surface area contributed by atoms with Crippen molar-refractivity contribution in [2.45, 2.75) is 32.2 Å². The van der Waals surface area contributed by atoms with Gasteiger partial charge in [-0.2, -0.15) is 0 Å². The number of hydrogen-bond acceptors (Lipinski definition) is 3. The number of imidazole rings is 1. The van der Waals surface area contributed by atoms with Crippen LogP contribution < -0.4 is 0 Å². The van der Waals surface area contributed by atoms with E-state index < -0.39 is 0 Å². The first-order chi connectivity index (χ1) is 8.79. The number of aromatic nitrogens is 2. The van der Waals surface area contributed by atoms with Crippen LogP contribution in [0.4, 0.5) is 0 Å². The molecule has 0 fully saturated rings. The number of aliphatic hydroxyl groups is 1. The number of aliphatic hydroxyl groups excluding tert-OH is 1. The van der Waals surface area contributed by atoms with Gasteiger partial charge in [0.25, 0.3) is 0 Å². The summed E-state index contributed by atoms with van der Waals surface area (Å²) >= 11 is 5.22. The lowest BCUT2D eigenvalue weighted by Crippen LogP contribution is -2.12. The smallest absolute Gasteiger partial charge is 0.150 e. The van der Waals surface area contributed by atoms with E-state index in [-0.39, 0.29) is 6.61 Å². The van der Waals surface area contributed by atoms with Crippen LogP contribution in [0.15, 0.2) is 15.9 Å². The van der Waals surface area contributed by atoms with Gasteiger partial charge in [-0.25, -0.2) is 4.98 Å². The molecule has 96 valence electrons. The number of rotatable bonds is 3. The molecular weight excluding hydrogens is 312 g/mol. The molecule has 1 aliphatic heterocycles. The van der Waals surface area contributed by atoms with Gasteiger partial charge in [-0.3, -0.25) is 0 Å². The Balaban J connectivity index is 2.08. The van der Waals surface area contributed by atoms with Crippen molar-refractivity contribution in [2.24, 2.45) is 0 Å². The second-order valence-electron chi connectivity index (χ2n) is 4.51. The average molecular weight is 327 g/mol. The number of thiophene rings is 1. The Hall–Kier alpha value is -0.650. The Morgan fingerprint density at radius 1 is 1.39 bits per heavy atom. The molecular formula is C13H15BrN2OS. The zero-order valence-electron chi connectivity index (χ0n) is 10.0. The van der Waals surface area contributed by atoms with E-state index in [1.54, 1.807) is 11.3 Å². The molecule has 18 heavy (non-hydrogen) atoms. The summed E-state index contributed by atoms with van der Waals surface area (Å²) in [7, 11) is 0. The summed E-state index contributed by atoms with van der Waals surface area (Å²) in [4.78, 5) is 5.96.